The lowest BCUT2D eigenvalue weighted by Crippen LogP contribution is -2.42. The molecule has 1 aliphatic heterocycles. The Hall–Kier alpha value is -0.640. The molecule has 0 aromatic carbocycles. The summed E-state index contributed by atoms with van der Waals surface area (Å²) in [4.78, 5) is 0. The van der Waals surface area contributed by atoms with E-state index in [4.69, 9.17) is 4.74 Å². The van der Waals surface area contributed by atoms with E-state index in [1.807, 2.05) is 13.0 Å². The third-order valence-electron chi connectivity index (χ3n) is 3.61. The molecule has 1 N–H and O–H groups in total. The fourth-order valence-electron chi connectivity index (χ4n) is 2.87. The summed E-state index contributed by atoms with van der Waals surface area (Å²) < 4.78 is 32.5. The van der Waals surface area contributed by atoms with E-state index in [1.54, 1.807) is 0 Å². The van der Waals surface area contributed by atoms with Crippen LogP contribution in [-0.4, -0.2) is 25.1 Å². The molecule has 0 amide bonds. The lowest BCUT2D eigenvalue weighted by molar-refractivity contribution is -0.0583. The molecule has 1 fully saturated rings. The second kappa shape index (κ2) is 5.34. The van der Waals surface area contributed by atoms with Crippen LogP contribution < -0.4 is 5.32 Å². The first-order chi connectivity index (χ1) is 8.12. The van der Waals surface area contributed by atoms with Crippen LogP contribution in [0.3, 0.4) is 0 Å². The van der Waals surface area contributed by atoms with Gasteiger partial charge in [0.1, 0.15) is 5.76 Å². The topological polar surface area (TPSA) is 21.3 Å². The highest BCUT2D eigenvalue weighted by molar-refractivity contribution is 5.10. The first kappa shape index (κ1) is 12.8. The van der Waals surface area contributed by atoms with Gasteiger partial charge in [-0.3, -0.25) is 0 Å². The van der Waals surface area contributed by atoms with Gasteiger partial charge in [-0.2, -0.15) is 0 Å². The molecular weight excluding hydrogens is 224 g/mol. The van der Waals surface area contributed by atoms with Crippen LogP contribution in [0.25, 0.3) is 0 Å². The summed E-state index contributed by atoms with van der Waals surface area (Å²) in [5, 5.41) is 3.31. The van der Waals surface area contributed by atoms with E-state index in [1.165, 1.54) is 0 Å². The Kier molecular flexibility index (Phi) is 4.02. The molecule has 2 nitrogen and oxygen atoms in total. The Balaban J connectivity index is 2.04. The Morgan fingerprint density at radius 3 is 3.00 bits per heavy atom. The van der Waals surface area contributed by atoms with Crippen LogP contribution in [0.1, 0.15) is 39.0 Å². The van der Waals surface area contributed by atoms with Crippen molar-refractivity contribution in [2.45, 2.75) is 51.0 Å². The normalized spacial score (nSPS) is 29.6. The van der Waals surface area contributed by atoms with Gasteiger partial charge in [-0.05, 0) is 31.4 Å². The fourth-order valence-corrected chi connectivity index (χ4v) is 2.87. The third kappa shape index (κ3) is 3.18. The molecule has 2 unspecified atom stereocenters. The molecule has 2 rings (SSSR count). The zero-order chi connectivity index (χ0) is 12.3. The molecule has 0 aromatic rings. The Labute approximate surface area is 101 Å². The van der Waals surface area contributed by atoms with E-state index in [2.05, 4.69) is 5.32 Å². The minimum Gasteiger partial charge on any atom is -0.496 e. The molecule has 1 aliphatic carbocycles. The molecule has 2 atom stereocenters. The predicted molar refractivity (Wildman–Crippen MR) is 63.0 cm³/mol. The van der Waals surface area contributed by atoms with Gasteiger partial charge in [-0.25, -0.2) is 8.78 Å². The lowest BCUT2D eigenvalue weighted by atomic mass is 9.81. The van der Waals surface area contributed by atoms with Crippen molar-refractivity contribution in [1.82, 2.24) is 5.32 Å². The summed E-state index contributed by atoms with van der Waals surface area (Å²) in [6.45, 7) is 3.48. The molecule has 0 radical (unpaired) electrons. The van der Waals surface area contributed by atoms with E-state index < -0.39 is 5.92 Å². The predicted octanol–water partition coefficient (Wildman–Crippen LogP) is 3.09. The molecule has 0 spiro atoms. The molecule has 0 bridgehead atoms. The molecule has 0 saturated heterocycles. The van der Waals surface area contributed by atoms with Crippen molar-refractivity contribution >= 4 is 0 Å². The largest absolute Gasteiger partial charge is 0.496 e. The monoisotopic (exact) mass is 245 g/mol. The maximum Gasteiger partial charge on any atom is 0.248 e. The van der Waals surface area contributed by atoms with E-state index in [0.717, 1.165) is 25.1 Å². The van der Waals surface area contributed by atoms with Crippen molar-refractivity contribution in [2.75, 3.05) is 13.2 Å². The average molecular weight is 245 g/mol. The minimum atomic E-state index is -2.49. The molecule has 0 aromatic heterocycles. The summed E-state index contributed by atoms with van der Waals surface area (Å²) in [5.74, 6) is -1.60. The first-order valence-electron chi connectivity index (χ1n) is 6.56. The van der Waals surface area contributed by atoms with Gasteiger partial charge in [0.05, 0.1) is 12.6 Å². The van der Waals surface area contributed by atoms with Crippen molar-refractivity contribution in [3.63, 3.8) is 0 Å². The summed E-state index contributed by atoms with van der Waals surface area (Å²) >= 11 is 0. The van der Waals surface area contributed by atoms with E-state index in [-0.39, 0.29) is 24.8 Å². The smallest absolute Gasteiger partial charge is 0.248 e. The standard InChI is InChI=1S/C13H21F2NO/c1-2-16-12(11-6-4-8-17-11)10-5-3-7-13(14,15)9-10/h6,10,12,16H,2-5,7-9H2,1H3. The van der Waals surface area contributed by atoms with Crippen molar-refractivity contribution in [3.8, 4) is 0 Å². The minimum absolute atomic E-state index is 0.00282. The maximum atomic E-state index is 13.5. The van der Waals surface area contributed by atoms with Crippen LogP contribution in [-0.2, 0) is 4.74 Å². The summed E-state index contributed by atoms with van der Waals surface area (Å²) in [7, 11) is 0. The van der Waals surface area contributed by atoms with Crippen molar-refractivity contribution in [1.29, 1.82) is 0 Å². The molecule has 17 heavy (non-hydrogen) atoms. The number of ether oxygens (including phenoxy) is 1. The van der Waals surface area contributed by atoms with E-state index in [9.17, 15) is 8.78 Å². The average Bonchev–Trinajstić information content (AvgIpc) is 2.77. The number of hydrogen-bond donors (Lipinski definition) is 1. The molecule has 98 valence electrons. The van der Waals surface area contributed by atoms with Gasteiger partial charge in [-0.15, -0.1) is 0 Å². The molecular formula is C13H21F2NO. The Bertz CT molecular complexity index is 291. The van der Waals surface area contributed by atoms with Gasteiger partial charge >= 0.3 is 0 Å². The summed E-state index contributed by atoms with van der Waals surface area (Å²) in [6, 6.07) is -0.0197. The quantitative estimate of drug-likeness (QED) is 0.821. The van der Waals surface area contributed by atoms with Gasteiger partial charge in [-0.1, -0.05) is 6.92 Å². The van der Waals surface area contributed by atoms with Crippen LogP contribution in [0, 0.1) is 5.92 Å². The van der Waals surface area contributed by atoms with Crippen LogP contribution in [0.15, 0.2) is 11.8 Å². The zero-order valence-corrected chi connectivity index (χ0v) is 10.3. The first-order valence-corrected chi connectivity index (χ1v) is 6.56. The number of halogens is 2. The van der Waals surface area contributed by atoms with Crippen LogP contribution in [0.5, 0.6) is 0 Å². The van der Waals surface area contributed by atoms with Gasteiger partial charge in [0.15, 0.2) is 0 Å². The second-order valence-corrected chi connectivity index (χ2v) is 4.99. The molecule has 4 heteroatoms. The third-order valence-corrected chi connectivity index (χ3v) is 3.61. The van der Waals surface area contributed by atoms with Gasteiger partial charge < -0.3 is 10.1 Å². The second-order valence-electron chi connectivity index (χ2n) is 4.99. The Morgan fingerprint density at radius 1 is 1.59 bits per heavy atom. The van der Waals surface area contributed by atoms with Crippen LogP contribution >= 0.6 is 0 Å². The van der Waals surface area contributed by atoms with Gasteiger partial charge in [0, 0.05) is 19.3 Å². The maximum absolute atomic E-state index is 13.5. The van der Waals surface area contributed by atoms with Crippen molar-refractivity contribution < 1.29 is 13.5 Å². The fraction of sp³-hybridized carbons (Fsp3) is 0.846. The molecule has 1 saturated carbocycles. The van der Waals surface area contributed by atoms with Crippen LogP contribution in [0.4, 0.5) is 8.78 Å². The van der Waals surface area contributed by atoms with Crippen LogP contribution in [0.2, 0.25) is 0 Å². The van der Waals surface area contributed by atoms with Gasteiger partial charge in [0.25, 0.3) is 0 Å². The highest BCUT2D eigenvalue weighted by Crippen LogP contribution is 2.39. The number of nitrogens with one attached hydrogen (secondary N) is 1. The SMILES string of the molecule is CCNC(C1=CCCO1)C1CCCC(F)(F)C1. The summed E-state index contributed by atoms with van der Waals surface area (Å²) in [6.07, 6.45) is 4.47. The van der Waals surface area contributed by atoms with E-state index >= 15 is 0 Å². The highest BCUT2D eigenvalue weighted by Gasteiger charge is 2.40. The lowest BCUT2D eigenvalue weighted by Gasteiger charge is -2.35. The van der Waals surface area contributed by atoms with E-state index in [0.29, 0.717) is 13.0 Å². The van der Waals surface area contributed by atoms with Crippen molar-refractivity contribution in [3.05, 3.63) is 11.8 Å². The summed E-state index contributed by atoms with van der Waals surface area (Å²) in [5.41, 5.74) is 0. The Morgan fingerprint density at radius 2 is 2.41 bits per heavy atom. The van der Waals surface area contributed by atoms with Crippen molar-refractivity contribution in [2.24, 2.45) is 5.92 Å². The van der Waals surface area contributed by atoms with Gasteiger partial charge in [0.2, 0.25) is 5.92 Å². The highest BCUT2D eigenvalue weighted by atomic mass is 19.3. The molecule has 1 heterocycles. The number of likely N-dealkylation sites (N-methyl/N-ethyl adjacent to an activating group) is 1. The number of hydrogen-bond acceptors (Lipinski definition) is 2. The molecule has 2 aliphatic rings. The zero-order valence-electron chi connectivity index (χ0n) is 10.3. The number of rotatable bonds is 4. The number of alkyl halides is 2.